The SMILES string of the molecule is CCC(C)CN(C)C(=O)c1cc(Cl)cc(S(N)(=O)=O)c1C. The first-order chi connectivity index (χ1) is 9.57. The quantitative estimate of drug-likeness (QED) is 0.899. The molecule has 1 unspecified atom stereocenters. The summed E-state index contributed by atoms with van der Waals surface area (Å²) < 4.78 is 23.1. The van der Waals surface area contributed by atoms with Crippen LogP contribution in [-0.2, 0) is 10.0 Å². The predicted octanol–water partition coefficient (Wildman–Crippen LogP) is 2.41. The van der Waals surface area contributed by atoms with Gasteiger partial charge in [0.1, 0.15) is 0 Å². The molecule has 0 aliphatic carbocycles. The molecule has 7 heteroatoms. The number of carbonyl (C=O) groups excluding carboxylic acids is 1. The third-order valence-corrected chi connectivity index (χ3v) is 4.75. The van der Waals surface area contributed by atoms with E-state index in [-0.39, 0.29) is 21.4 Å². The maximum atomic E-state index is 12.5. The van der Waals surface area contributed by atoms with E-state index >= 15 is 0 Å². The molecule has 118 valence electrons. The Morgan fingerprint density at radius 1 is 1.43 bits per heavy atom. The molecule has 0 aliphatic heterocycles. The molecule has 0 aliphatic rings. The Hall–Kier alpha value is -1.11. The first kappa shape index (κ1) is 17.9. The Morgan fingerprint density at radius 3 is 2.48 bits per heavy atom. The first-order valence-electron chi connectivity index (χ1n) is 6.66. The molecule has 1 rings (SSSR count). The molecule has 1 aromatic carbocycles. The number of hydrogen-bond donors (Lipinski definition) is 1. The van der Waals surface area contributed by atoms with Gasteiger partial charge in [0.25, 0.3) is 5.91 Å². The minimum Gasteiger partial charge on any atom is -0.341 e. The van der Waals surface area contributed by atoms with Crippen LogP contribution in [0.3, 0.4) is 0 Å². The summed E-state index contributed by atoms with van der Waals surface area (Å²) in [5.74, 6) is 0.0938. The Morgan fingerprint density at radius 2 is 2.00 bits per heavy atom. The van der Waals surface area contributed by atoms with Gasteiger partial charge in [-0.25, -0.2) is 13.6 Å². The molecule has 0 saturated heterocycles. The van der Waals surface area contributed by atoms with Gasteiger partial charge < -0.3 is 4.90 Å². The number of amides is 1. The predicted molar refractivity (Wildman–Crippen MR) is 84.0 cm³/mol. The van der Waals surface area contributed by atoms with Crippen LogP contribution >= 0.6 is 11.6 Å². The Kier molecular flexibility index (Phi) is 5.78. The van der Waals surface area contributed by atoms with Crippen LogP contribution in [0.25, 0.3) is 0 Å². The summed E-state index contributed by atoms with van der Waals surface area (Å²) in [6.07, 6.45) is 0.953. The maximum Gasteiger partial charge on any atom is 0.253 e. The summed E-state index contributed by atoms with van der Waals surface area (Å²) in [5.41, 5.74) is 0.584. The van der Waals surface area contributed by atoms with Crippen LogP contribution < -0.4 is 5.14 Å². The highest BCUT2D eigenvalue weighted by molar-refractivity contribution is 7.89. The normalized spacial score (nSPS) is 13.0. The lowest BCUT2D eigenvalue weighted by atomic mass is 10.1. The van der Waals surface area contributed by atoms with Crippen LogP contribution in [0.2, 0.25) is 5.02 Å². The fourth-order valence-corrected chi connectivity index (χ4v) is 3.17. The van der Waals surface area contributed by atoms with E-state index in [1.165, 1.54) is 12.1 Å². The van der Waals surface area contributed by atoms with Gasteiger partial charge in [0.05, 0.1) is 4.90 Å². The monoisotopic (exact) mass is 332 g/mol. The summed E-state index contributed by atoms with van der Waals surface area (Å²) in [4.78, 5) is 13.9. The van der Waals surface area contributed by atoms with E-state index in [1.54, 1.807) is 18.9 Å². The van der Waals surface area contributed by atoms with Crippen molar-refractivity contribution in [3.8, 4) is 0 Å². The van der Waals surface area contributed by atoms with E-state index in [0.29, 0.717) is 18.0 Å². The molecule has 0 aromatic heterocycles. The Labute approximate surface area is 131 Å². The minimum absolute atomic E-state index is 0.115. The van der Waals surface area contributed by atoms with Gasteiger partial charge >= 0.3 is 0 Å². The van der Waals surface area contributed by atoms with Crippen LogP contribution in [-0.4, -0.2) is 32.8 Å². The van der Waals surface area contributed by atoms with Gasteiger partial charge in [-0.1, -0.05) is 31.9 Å². The largest absolute Gasteiger partial charge is 0.341 e. The van der Waals surface area contributed by atoms with E-state index in [2.05, 4.69) is 0 Å². The maximum absolute atomic E-state index is 12.5. The molecule has 1 atom stereocenters. The van der Waals surface area contributed by atoms with Gasteiger partial charge in [-0.05, 0) is 30.5 Å². The zero-order chi connectivity index (χ0) is 16.4. The van der Waals surface area contributed by atoms with Gasteiger partial charge in [0, 0.05) is 24.2 Å². The van der Waals surface area contributed by atoms with Gasteiger partial charge in [0.15, 0.2) is 0 Å². The van der Waals surface area contributed by atoms with Crippen LogP contribution in [0.5, 0.6) is 0 Å². The van der Waals surface area contributed by atoms with E-state index in [1.807, 2.05) is 13.8 Å². The van der Waals surface area contributed by atoms with Crippen molar-refractivity contribution in [2.24, 2.45) is 11.1 Å². The van der Waals surface area contributed by atoms with Crippen molar-refractivity contribution in [1.29, 1.82) is 0 Å². The number of rotatable bonds is 5. The number of carbonyl (C=O) groups is 1. The molecule has 2 N–H and O–H groups in total. The number of nitrogens with two attached hydrogens (primary N) is 1. The van der Waals surface area contributed by atoms with Crippen molar-refractivity contribution >= 4 is 27.5 Å². The van der Waals surface area contributed by atoms with Crippen molar-refractivity contribution < 1.29 is 13.2 Å². The van der Waals surface area contributed by atoms with E-state index in [4.69, 9.17) is 16.7 Å². The van der Waals surface area contributed by atoms with Crippen LogP contribution in [0.4, 0.5) is 0 Å². The highest BCUT2D eigenvalue weighted by Gasteiger charge is 2.22. The molecule has 0 fully saturated rings. The number of sulfonamides is 1. The van der Waals surface area contributed by atoms with Crippen LogP contribution in [0.1, 0.15) is 36.2 Å². The number of nitrogens with zero attached hydrogens (tertiary/aromatic N) is 1. The smallest absolute Gasteiger partial charge is 0.253 e. The summed E-state index contributed by atoms with van der Waals surface area (Å²) in [6, 6.07) is 2.73. The topological polar surface area (TPSA) is 80.5 Å². The van der Waals surface area contributed by atoms with Gasteiger partial charge in [-0.15, -0.1) is 0 Å². The first-order valence-corrected chi connectivity index (χ1v) is 8.58. The summed E-state index contributed by atoms with van der Waals surface area (Å²) >= 11 is 5.92. The van der Waals surface area contributed by atoms with Crippen molar-refractivity contribution in [2.75, 3.05) is 13.6 Å². The fourth-order valence-electron chi connectivity index (χ4n) is 2.06. The average molecular weight is 333 g/mol. The summed E-state index contributed by atoms with van der Waals surface area (Å²) in [5, 5.41) is 5.33. The lowest BCUT2D eigenvalue weighted by Crippen LogP contribution is -2.31. The highest BCUT2D eigenvalue weighted by atomic mass is 35.5. The number of halogens is 1. The molecule has 5 nitrogen and oxygen atoms in total. The Bertz CT molecular complexity index is 644. The number of hydrogen-bond acceptors (Lipinski definition) is 3. The summed E-state index contributed by atoms with van der Waals surface area (Å²) in [6.45, 7) is 6.24. The van der Waals surface area contributed by atoms with Crippen LogP contribution in [0.15, 0.2) is 17.0 Å². The molecule has 0 radical (unpaired) electrons. The highest BCUT2D eigenvalue weighted by Crippen LogP contribution is 2.24. The lowest BCUT2D eigenvalue weighted by Gasteiger charge is -2.22. The molecule has 1 amide bonds. The minimum atomic E-state index is -3.92. The van der Waals surface area contributed by atoms with Crippen molar-refractivity contribution in [1.82, 2.24) is 4.90 Å². The molecule has 0 saturated carbocycles. The van der Waals surface area contributed by atoms with Gasteiger partial charge in [-0.2, -0.15) is 0 Å². The average Bonchev–Trinajstić information content (AvgIpc) is 2.38. The molecule has 1 aromatic rings. The van der Waals surface area contributed by atoms with Crippen molar-refractivity contribution in [3.05, 3.63) is 28.3 Å². The third-order valence-electron chi connectivity index (χ3n) is 3.49. The van der Waals surface area contributed by atoms with Crippen molar-refractivity contribution in [2.45, 2.75) is 32.1 Å². The fraction of sp³-hybridized carbons (Fsp3) is 0.500. The number of primary sulfonamides is 1. The standard InChI is InChI=1S/C14H21ClN2O3S/c1-5-9(2)8-17(4)14(18)12-6-11(15)7-13(10(12)3)21(16,19)20/h6-7,9H,5,8H2,1-4H3,(H2,16,19,20). The zero-order valence-electron chi connectivity index (χ0n) is 12.7. The molecular weight excluding hydrogens is 312 g/mol. The summed E-state index contributed by atoms with van der Waals surface area (Å²) in [7, 11) is -2.23. The molecule has 0 heterocycles. The van der Waals surface area contributed by atoms with E-state index in [0.717, 1.165) is 6.42 Å². The molecular formula is C14H21ClN2O3S. The second-order valence-corrected chi connectivity index (χ2v) is 7.29. The van der Waals surface area contributed by atoms with E-state index < -0.39 is 10.0 Å². The zero-order valence-corrected chi connectivity index (χ0v) is 14.3. The van der Waals surface area contributed by atoms with Gasteiger partial charge in [0.2, 0.25) is 10.0 Å². The molecule has 0 spiro atoms. The second-order valence-electron chi connectivity index (χ2n) is 5.32. The van der Waals surface area contributed by atoms with Gasteiger partial charge in [-0.3, -0.25) is 4.79 Å². The molecule has 0 bridgehead atoms. The lowest BCUT2D eigenvalue weighted by molar-refractivity contribution is 0.0774. The van der Waals surface area contributed by atoms with E-state index in [9.17, 15) is 13.2 Å². The third kappa shape index (κ3) is 4.43. The van der Waals surface area contributed by atoms with Crippen molar-refractivity contribution in [3.63, 3.8) is 0 Å². The molecule has 21 heavy (non-hydrogen) atoms. The Balaban J connectivity index is 3.25. The second kappa shape index (κ2) is 6.77. The van der Waals surface area contributed by atoms with Crippen LogP contribution in [0, 0.1) is 12.8 Å². The number of benzene rings is 1.